The Morgan fingerprint density at radius 1 is 0.864 bits per heavy atom. The van der Waals surface area contributed by atoms with E-state index >= 15 is 0 Å². The summed E-state index contributed by atoms with van der Waals surface area (Å²) in [5, 5.41) is 0. The van der Waals surface area contributed by atoms with Crippen LogP contribution in [0.1, 0.15) is 45.4 Å². The minimum absolute atomic E-state index is 0.141. The fourth-order valence-corrected chi connectivity index (χ4v) is 3.12. The van der Waals surface area contributed by atoms with Crippen molar-refractivity contribution < 1.29 is 19.1 Å². The first-order chi connectivity index (χ1) is 10.6. The molecule has 0 aromatic rings. The fraction of sp³-hybridized carbons (Fsp3) is 0.812. The van der Waals surface area contributed by atoms with Crippen LogP contribution >= 0.6 is 0 Å². The standard InChI is InChI=1S/C16H26N2O4/c1-2-22-16(21)13-7-11-18(12-8-13)15(20)14(19)17-9-5-3-4-6-10-17/h13H,2-12H2,1H3. The molecule has 0 aromatic carbocycles. The number of hydrogen-bond donors (Lipinski definition) is 0. The molecule has 0 aliphatic carbocycles. The monoisotopic (exact) mass is 310 g/mol. The van der Waals surface area contributed by atoms with Gasteiger partial charge < -0.3 is 14.5 Å². The summed E-state index contributed by atoms with van der Waals surface area (Å²) in [6.07, 6.45) is 5.37. The summed E-state index contributed by atoms with van der Waals surface area (Å²) < 4.78 is 5.02. The number of piperidine rings is 1. The van der Waals surface area contributed by atoms with Crippen LogP contribution in [0, 0.1) is 5.92 Å². The third kappa shape index (κ3) is 4.21. The summed E-state index contributed by atoms with van der Waals surface area (Å²) in [6.45, 7) is 4.46. The topological polar surface area (TPSA) is 66.9 Å². The average molecular weight is 310 g/mol. The van der Waals surface area contributed by atoms with Crippen LogP contribution in [0.5, 0.6) is 0 Å². The Morgan fingerprint density at radius 3 is 1.86 bits per heavy atom. The Balaban J connectivity index is 1.83. The largest absolute Gasteiger partial charge is 0.466 e. The molecule has 0 bridgehead atoms. The minimum Gasteiger partial charge on any atom is -0.466 e. The van der Waals surface area contributed by atoms with Gasteiger partial charge in [-0.1, -0.05) is 12.8 Å². The van der Waals surface area contributed by atoms with Crippen LogP contribution in [-0.4, -0.2) is 60.4 Å². The van der Waals surface area contributed by atoms with Crippen molar-refractivity contribution in [3.63, 3.8) is 0 Å². The molecule has 2 fully saturated rings. The van der Waals surface area contributed by atoms with Gasteiger partial charge in [0, 0.05) is 26.2 Å². The summed E-state index contributed by atoms with van der Waals surface area (Å²) in [5.74, 6) is -1.12. The van der Waals surface area contributed by atoms with E-state index in [1.54, 1.807) is 16.7 Å². The van der Waals surface area contributed by atoms with Crippen molar-refractivity contribution in [3.8, 4) is 0 Å². The average Bonchev–Trinajstić information content (AvgIpc) is 2.83. The predicted molar refractivity (Wildman–Crippen MR) is 81.0 cm³/mol. The smallest absolute Gasteiger partial charge is 0.312 e. The van der Waals surface area contributed by atoms with E-state index in [2.05, 4.69) is 0 Å². The number of likely N-dealkylation sites (tertiary alicyclic amines) is 2. The summed E-state index contributed by atoms with van der Waals surface area (Å²) >= 11 is 0. The molecule has 0 spiro atoms. The number of rotatable bonds is 2. The van der Waals surface area contributed by atoms with Crippen LogP contribution in [-0.2, 0) is 19.1 Å². The van der Waals surface area contributed by atoms with E-state index in [-0.39, 0.29) is 17.8 Å². The molecule has 6 heteroatoms. The van der Waals surface area contributed by atoms with E-state index in [9.17, 15) is 14.4 Å². The molecule has 22 heavy (non-hydrogen) atoms. The van der Waals surface area contributed by atoms with Gasteiger partial charge in [0.2, 0.25) is 0 Å². The zero-order chi connectivity index (χ0) is 15.9. The van der Waals surface area contributed by atoms with Crippen LogP contribution in [0.3, 0.4) is 0 Å². The van der Waals surface area contributed by atoms with E-state index in [1.165, 1.54) is 0 Å². The molecular weight excluding hydrogens is 284 g/mol. The maximum absolute atomic E-state index is 12.3. The second-order valence-electron chi connectivity index (χ2n) is 6.02. The maximum Gasteiger partial charge on any atom is 0.312 e. The molecule has 0 unspecified atom stereocenters. The molecule has 2 rings (SSSR count). The van der Waals surface area contributed by atoms with Crippen LogP contribution in [0.25, 0.3) is 0 Å². The molecule has 124 valence electrons. The number of nitrogens with zero attached hydrogens (tertiary/aromatic N) is 2. The molecule has 0 aromatic heterocycles. The van der Waals surface area contributed by atoms with E-state index in [1.807, 2.05) is 0 Å². The lowest BCUT2D eigenvalue weighted by Gasteiger charge is -2.32. The zero-order valence-electron chi connectivity index (χ0n) is 13.4. The van der Waals surface area contributed by atoms with Gasteiger partial charge in [0.1, 0.15) is 0 Å². The van der Waals surface area contributed by atoms with E-state index in [0.29, 0.717) is 45.6 Å². The van der Waals surface area contributed by atoms with Crippen molar-refractivity contribution >= 4 is 17.8 Å². The highest BCUT2D eigenvalue weighted by Crippen LogP contribution is 2.19. The number of carbonyl (C=O) groups excluding carboxylic acids is 3. The molecular formula is C16H26N2O4. The number of carbonyl (C=O) groups is 3. The molecule has 0 N–H and O–H groups in total. The summed E-state index contributed by atoms with van der Waals surface area (Å²) in [6, 6.07) is 0. The van der Waals surface area contributed by atoms with Gasteiger partial charge in [0.15, 0.2) is 0 Å². The van der Waals surface area contributed by atoms with Crippen LogP contribution < -0.4 is 0 Å². The van der Waals surface area contributed by atoms with Crippen molar-refractivity contribution in [3.05, 3.63) is 0 Å². The number of amides is 2. The summed E-state index contributed by atoms with van der Waals surface area (Å²) in [4.78, 5) is 39.6. The van der Waals surface area contributed by atoms with Crippen molar-refractivity contribution in [2.75, 3.05) is 32.8 Å². The van der Waals surface area contributed by atoms with Gasteiger partial charge >= 0.3 is 17.8 Å². The molecule has 2 saturated heterocycles. The molecule has 2 heterocycles. The van der Waals surface area contributed by atoms with Crippen molar-refractivity contribution in [2.45, 2.75) is 45.4 Å². The molecule has 0 saturated carbocycles. The van der Waals surface area contributed by atoms with Gasteiger partial charge in [0.05, 0.1) is 12.5 Å². The van der Waals surface area contributed by atoms with Crippen LogP contribution in [0.2, 0.25) is 0 Å². The molecule has 2 amide bonds. The van der Waals surface area contributed by atoms with Gasteiger partial charge in [-0.05, 0) is 32.6 Å². The van der Waals surface area contributed by atoms with Crippen molar-refractivity contribution in [2.24, 2.45) is 5.92 Å². The molecule has 2 aliphatic rings. The number of hydrogen-bond acceptors (Lipinski definition) is 4. The third-order valence-electron chi connectivity index (χ3n) is 4.48. The molecule has 0 atom stereocenters. The normalized spacial score (nSPS) is 20.4. The Bertz CT molecular complexity index is 408. The van der Waals surface area contributed by atoms with Gasteiger partial charge in [-0.2, -0.15) is 0 Å². The lowest BCUT2D eigenvalue weighted by atomic mass is 9.97. The lowest BCUT2D eigenvalue weighted by molar-refractivity contribution is -0.155. The maximum atomic E-state index is 12.3. The van der Waals surface area contributed by atoms with Gasteiger partial charge in [-0.15, -0.1) is 0 Å². The quantitative estimate of drug-likeness (QED) is 0.567. The second-order valence-corrected chi connectivity index (χ2v) is 6.02. The van der Waals surface area contributed by atoms with Gasteiger partial charge in [0.25, 0.3) is 0 Å². The van der Waals surface area contributed by atoms with Crippen molar-refractivity contribution in [1.82, 2.24) is 9.80 Å². The highest BCUT2D eigenvalue weighted by molar-refractivity contribution is 6.34. The Kier molecular flexibility index (Phi) is 6.21. The molecule has 0 radical (unpaired) electrons. The fourth-order valence-electron chi connectivity index (χ4n) is 3.12. The molecule has 2 aliphatic heterocycles. The first-order valence-electron chi connectivity index (χ1n) is 8.38. The minimum atomic E-state index is -0.413. The van der Waals surface area contributed by atoms with E-state index in [4.69, 9.17) is 4.74 Å². The predicted octanol–water partition coefficient (Wildman–Crippen LogP) is 1.19. The molecule has 6 nitrogen and oxygen atoms in total. The Labute approximate surface area is 131 Å². The van der Waals surface area contributed by atoms with Gasteiger partial charge in [-0.25, -0.2) is 0 Å². The lowest BCUT2D eigenvalue weighted by Crippen LogP contribution is -2.49. The Hall–Kier alpha value is -1.59. The first kappa shape index (κ1) is 16.8. The third-order valence-corrected chi connectivity index (χ3v) is 4.48. The summed E-state index contributed by atoms with van der Waals surface area (Å²) in [5.41, 5.74) is 0. The van der Waals surface area contributed by atoms with Crippen LogP contribution in [0.15, 0.2) is 0 Å². The Morgan fingerprint density at radius 2 is 1.36 bits per heavy atom. The number of esters is 1. The van der Waals surface area contributed by atoms with E-state index in [0.717, 1.165) is 25.7 Å². The highest BCUT2D eigenvalue weighted by atomic mass is 16.5. The van der Waals surface area contributed by atoms with Crippen LogP contribution in [0.4, 0.5) is 0 Å². The highest BCUT2D eigenvalue weighted by Gasteiger charge is 2.32. The first-order valence-corrected chi connectivity index (χ1v) is 8.38. The SMILES string of the molecule is CCOC(=O)C1CCN(C(=O)C(=O)N2CCCCCC2)CC1. The van der Waals surface area contributed by atoms with E-state index < -0.39 is 5.91 Å². The second kappa shape index (κ2) is 8.15. The van der Waals surface area contributed by atoms with Gasteiger partial charge in [-0.3, -0.25) is 14.4 Å². The van der Waals surface area contributed by atoms with Crippen molar-refractivity contribution in [1.29, 1.82) is 0 Å². The zero-order valence-corrected chi connectivity index (χ0v) is 13.4. The summed E-state index contributed by atoms with van der Waals surface area (Å²) in [7, 11) is 0. The number of ether oxygens (including phenoxy) is 1.